The summed E-state index contributed by atoms with van der Waals surface area (Å²) >= 11 is 3.41. The zero-order valence-corrected chi connectivity index (χ0v) is 16.1. The average Bonchev–Trinajstić information content (AvgIpc) is 2.67. The van der Waals surface area contributed by atoms with Gasteiger partial charge in [-0.15, -0.1) is 0 Å². The predicted molar refractivity (Wildman–Crippen MR) is 105 cm³/mol. The Balaban J connectivity index is 1.81. The molecule has 1 N–H and O–H groups in total. The van der Waals surface area contributed by atoms with E-state index in [0.717, 1.165) is 15.6 Å². The summed E-state index contributed by atoms with van der Waals surface area (Å²) in [6.07, 6.45) is 1.43. The van der Waals surface area contributed by atoms with Crippen LogP contribution in [0.1, 0.15) is 30.4 Å². The Morgan fingerprint density at radius 2 is 1.88 bits per heavy atom. The number of nitrogens with zero attached hydrogens (tertiary/aromatic N) is 1. The number of amides is 1. The van der Waals surface area contributed by atoms with Crippen LogP contribution in [0.3, 0.4) is 0 Å². The van der Waals surface area contributed by atoms with E-state index in [2.05, 4.69) is 22.5 Å². The van der Waals surface area contributed by atoms with Crippen molar-refractivity contribution in [1.82, 2.24) is 4.90 Å². The molecule has 1 aliphatic rings. The number of halogens is 1. The van der Waals surface area contributed by atoms with Gasteiger partial charge in [0, 0.05) is 29.7 Å². The van der Waals surface area contributed by atoms with Crippen molar-refractivity contribution in [3.63, 3.8) is 0 Å². The first-order valence-corrected chi connectivity index (χ1v) is 9.47. The molecule has 1 aliphatic heterocycles. The number of carbonyl (C=O) groups excluding carboxylic acids is 1. The molecule has 1 saturated heterocycles. The molecule has 0 bridgehead atoms. The molecule has 1 fully saturated rings. The Bertz CT molecular complexity index is 776. The fourth-order valence-electron chi connectivity index (χ4n) is 3.33. The summed E-state index contributed by atoms with van der Waals surface area (Å²) < 4.78 is 6.92. The maximum Gasteiger partial charge on any atom is 0.415 e. The fraction of sp³-hybridized carbons (Fsp3) is 0.286. The molecule has 0 saturated carbocycles. The molecule has 1 heterocycles. The molecule has 0 aliphatic carbocycles. The molecule has 26 heavy (non-hydrogen) atoms. The maximum atomic E-state index is 12.8. The van der Waals surface area contributed by atoms with Crippen molar-refractivity contribution in [2.24, 2.45) is 0 Å². The molecule has 136 valence electrons. The van der Waals surface area contributed by atoms with Crippen LogP contribution in [0.15, 0.2) is 65.6 Å². The van der Waals surface area contributed by atoms with Crippen LogP contribution >= 0.6 is 15.9 Å². The number of cyclic esters (lactones) is 1. The highest BCUT2D eigenvalue weighted by Gasteiger charge is 2.42. The lowest BCUT2D eigenvalue weighted by Crippen LogP contribution is -2.47. The molecule has 0 aromatic heterocycles. The van der Waals surface area contributed by atoms with Crippen LogP contribution in [0, 0.1) is 0 Å². The minimum absolute atomic E-state index is 0.0709. The van der Waals surface area contributed by atoms with Crippen LogP contribution < -0.4 is 0 Å². The van der Waals surface area contributed by atoms with E-state index in [1.807, 2.05) is 54.6 Å². The van der Waals surface area contributed by atoms with Crippen molar-refractivity contribution in [3.05, 3.63) is 76.8 Å². The van der Waals surface area contributed by atoms with E-state index < -0.39 is 11.7 Å². The number of ether oxygens (including phenoxy) is 1. The second-order valence-electron chi connectivity index (χ2n) is 6.41. The smallest absolute Gasteiger partial charge is 0.415 e. The number of hydrogen-bond donors (Lipinski definition) is 1. The van der Waals surface area contributed by atoms with E-state index in [-0.39, 0.29) is 6.61 Å². The molecule has 3 rings (SSSR count). The van der Waals surface area contributed by atoms with Crippen molar-refractivity contribution in [2.45, 2.75) is 24.9 Å². The molecule has 4 nitrogen and oxygen atoms in total. The van der Waals surface area contributed by atoms with Crippen LogP contribution in [-0.4, -0.2) is 29.3 Å². The highest BCUT2D eigenvalue weighted by Crippen LogP contribution is 2.39. The first-order chi connectivity index (χ1) is 12.6. The zero-order valence-electron chi connectivity index (χ0n) is 14.5. The molecule has 2 aromatic rings. The van der Waals surface area contributed by atoms with Gasteiger partial charge < -0.3 is 9.84 Å². The molecule has 0 spiro atoms. The SMILES string of the molecule is C=C(c1ccc(Br)cc1)N1CC[C@](CCCO)(c2ccccc2)OC1=O. The summed E-state index contributed by atoms with van der Waals surface area (Å²) in [5.41, 5.74) is 1.78. The topological polar surface area (TPSA) is 49.8 Å². The van der Waals surface area contributed by atoms with Gasteiger partial charge >= 0.3 is 6.09 Å². The number of aliphatic hydroxyl groups excluding tert-OH is 1. The van der Waals surface area contributed by atoms with Crippen molar-refractivity contribution in [3.8, 4) is 0 Å². The van der Waals surface area contributed by atoms with Gasteiger partial charge in [-0.05, 0) is 36.1 Å². The normalized spacial score (nSPS) is 19.9. The third-order valence-electron chi connectivity index (χ3n) is 4.78. The van der Waals surface area contributed by atoms with Crippen molar-refractivity contribution in [2.75, 3.05) is 13.2 Å². The van der Waals surface area contributed by atoms with E-state index in [4.69, 9.17) is 4.74 Å². The van der Waals surface area contributed by atoms with Gasteiger partial charge in [-0.25, -0.2) is 4.79 Å². The van der Waals surface area contributed by atoms with Crippen LogP contribution in [0.4, 0.5) is 4.79 Å². The Hall–Kier alpha value is -2.11. The van der Waals surface area contributed by atoms with Gasteiger partial charge in [0.1, 0.15) is 5.60 Å². The molecule has 5 heteroatoms. The van der Waals surface area contributed by atoms with E-state index >= 15 is 0 Å². The van der Waals surface area contributed by atoms with Gasteiger partial charge in [-0.3, -0.25) is 4.90 Å². The van der Waals surface area contributed by atoms with Gasteiger partial charge in [-0.2, -0.15) is 0 Å². The van der Waals surface area contributed by atoms with E-state index in [9.17, 15) is 9.90 Å². The summed E-state index contributed by atoms with van der Waals surface area (Å²) in [7, 11) is 0. The Morgan fingerprint density at radius 3 is 2.50 bits per heavy atom. The first kappa shape index (κ1) is 18.7. The largest absolute Gasteiger partial charge is 0.438 e. The predicted octanol–water partition coefficient (Wildman–Crippen LogP) is 4.93. The summed E-state index contributed by atoms with van der Waals surface area (Å²) in [6.45, 7) is 4.67. The first-order valence-electron chi connectivity index (χ1n) is 8.67. The molecular weight excluding hydrogens is 394 g/mol. The Labute approximate surface area is 162 Å². The van der Waals surface area contributed by atoms with E-state index in [0.29, 0.717) is 31.5 Å². The molecule has 2 aromatic carbocycles. The quantitative estimate of drug-likeness (QED) is 0.727. The van der Waals surface area contributed by atoms with E-state index in [1.165, 1.54) is 0 Å². The number of benzene rings is 2. The number of carbonyl (C=O) groups is 1. The monoisotopic (exact) mass is 415 g/mol. The van der Waals surface area contributed by atoms with Gasteiger partial charge in [-0.1, -0.05) is 65.0 Å². The summed E-state index contributed by atoms with van der Waals surface area (Å²) in [5, 5.41) is 9.27. The van der Waals surface area contributed by atoms with Crippen molar-refractivity contribution < 1.29 is 14.6 Å². The second-order valence-corrected chi connectivity index (χ2v) is 7.33. The van der Waals surface area contributed by atoms with E-state index in [1.54, 1.807) is 4.90 Å². The lowest BCUT2D eigenvalue weighted by molar-refractivity contribution is -0.0496. The number of hydrogen-bond acceptors (Lipinski definition) is 3. The van der Waals surface area contributed by atoms with Crippen LogP contribution in [0.2, 0.25) is 0 Å². The highest BCUT2D eigenvalue weighted by molar-refractivity contribution is 9.10. The maximum absolute atomic E-state index is 12.8. The van der Waals surface area contributed by atoms with Gasteiger partial charge in [0.2, 0.25) is 0 Å². The summed E-state index contributed by atoms with van der Waals surface area (Å²) in [6, 6.07) is 17.5. The average molecular weight is 416 g/mol. The molecule has 0 radical (unpaired) electrons. The Kier molecular flexibility index (Phi) is 5.79. The van der Waals surface area contributed by atoms with Crippen molar-refractivity contribution in [1.29, 1.82) is 0 Å². The fourth-order valence-corrected chi connectivity index (χ4v) is 3.59. The number of rotatable bonds is 6. The van der Waals surface area contributed by atoms with Crippen LogP contribution in [0.5, 0.6) is 0 Å². The lowest BCUT2D eigenvalue weighted by atomic mass is 9.84. The highest BCUT2D eigenvalue weighted by atomic mass is 79.9. The summed E-state index contributed by atoms with van der Waals surface area (Å²) in [4.78, 5) is 14.4. The molecule has 1 atom stereocenters. The lowest BCUT2D eigenvalue weighted by Gasteiger charge is -2.42. The zero-order chi connectivity index (χ0) is 18.6. The molecule has 1 amide bonds. The van der Waals surface area contributed by atoms with Gasteiger partial charge in [0.15, 0.2) is 0 Å². The number of aliphatic hydroxyl groups is 1. The molecular formula is C21H22BrNO3. The molecule has 0 unspecified atom stereocenters. The van der Waals surface area contributed by atoms with Crippen LogP contribution in [0.25, 0.3) is 5.70 Å². The standard InChI is InChI=1S/C21H22BrNO3/c1-16(17-8-10-19(22)11-9-17)23-14-13-21(12-5-15-24,26-20(23)25)18-6-3-2-4-7-18/h2-4,6-11,24H,1,5,12-15H2/t21-/m1/s1. The Morgan fingerprint density at radius 1 is 1.19 bits per heavy atom. The third kappa shape index (κ3) is 3.84. The van der Waals surface area contributed by atoms with Gasteiger partial charge in [0.05, 0.1) is 0 Å². The second kappa shape index (κ2) is 8.06. The minimum Gasteiger partial charge on any atom is -0.438 e. The van der Waals surface area contributed by atoms with Gasteiger partial charge in [0.25, 0.3) is 0 Å². The third-order valence-corrected chi connectivity index (χ3v) is 5.31. The van der Waals surface area contributed by atoms with Crippen molar-refractivity contribution >= 4 is 27.7 Å². The summed E-state index contributed by atoms with van der Waals surface area (Å²) in [5.74, 6) is 0. The van der Waals surface area contributed by atoms with Crippen LogP contribution in [-0.2, 0) is 10.3 Å². The minimum atomic E-state index is -0.697.